The van der Waals surface area contributed by atoms with Crippen LogP contribution in [0.4, 0.5) is 10.2 Å². The van der Waals surface area contributed by atoms with Gasteiger partial charge in [-0.1, -0.05) is 6.42 Å². The average molecular weight is 223 g/mol. The minimum atomic E-state index is -0.289. The highest BCUT2D eigenvalue weighted by Crippen LogP contribution is 2.23. The van der Waals surface area contributed by atoms with Crippen LogP contribution in [-0.4, -0.2) is 17.6 Å². The summed E-state index contributed by atoms with van der Waals surface area (Å²) in [6.07, 6.45) is 6.10. The van der Waals surface area contributed by atoms with Gasteiger partial charge in [-0.15, -0.1) is 0 Å². The first-order valence-electron chi connectivity index (χ1n) is 5.85. The molecule has 1 aromatic heterocycles. The summed E-state index contributed by atoms with van der Waals surface area (Å²) >= 11 is 0. The summed E-state index contributed by atoms with van der Waals surface area (Å²) < 4.78 is 13.3. The van der Waals surface area contributed by atoms with Crippen LogP contribution in [0.3, 0.4) is 0 Å². The molecule has 0 aliphatic heterocycles. The molecule has 1 aliphatic carbocycles. The summed E-state index contributed by atoms with van der Waals surface area (Å²) in [4.78, 5) is 3.96. The lowest BCUT2D eigenvalue weighted by Gasteiger charge is -2.26. The number of nitrogens with zero attached hydrogens (tertiary/aromatic N) is 1. The Balaban J connectivity index is 1.85. The Morgan fingerprint density at radius 1 is 1.50 bits per heavy atom. The summed E-state index contributed by atoms with van der Waals surface area (Å²) in [5.74, 6) is 0.606. The maximum atomic E-state index is 13.3. The number of pyridine rings is 1. The van der Waals surface area contributed by atoms with Crippen LogP contribution in [0.1, 0.15) is 25.7 Å². The Kier molecular flexibility index (Phi) is 3.72. The van der Waals surface area contributed by atoms with Gasteiger partial charge in [0.15, 0.2) is 11.6 Å². The lowest BCUT2D eigenvalue weighted by atomic mass is 9.86. The number of hydrogen-bond donors (Lipinski definition) is 2. The first-order valence-corrected chi connectivity index (χ1v) is 5.85. The number of hydrogen-bond acceptors (Lipinski definition) is 3. The highest BCUT2D eigenvalue weighted by atomic mass is 19.1. The normalized spacial score (nSPS) is 25.4. The Labute approximate surface area is 95.3 Å². The van der Waals surface area contributed by atoms with Crippen molar-refractivity contribution in [3.63, 3.8) is 0 Å². The molecule has 0 amide bonds. The highest BCUT2D eigenvalue weighted by molar-refractivity contribution is 5.35. The van der Waals surface area contributed by atoms with Crippen LogP contribution in [0.15, 0.2) is 18.3 Å². The van der Waals surface area contributed by atoms with E-state index in [1.807, 2.05) is 0 Å². The van der Waals surface area contributed by atoms with Gasteiger partial charge in [-0.25, -0.2) is 9.37 Å². The van der Waals surface area contributed by atoms with Crippen molar-refractivity contribution < 1.29 is 4.39 Å². The molecule has 2 unspecified atom stereocenters. The molecule has 16 heavy (non-hydrogen) atoms. The molecule has 0 radical (unpaired) electrons. The molecule has 3 N–H and O–H groups in total. The molecule has 0 bridgehead atoms. The number of nitrogens with two attached hydrogens (primary N) is 1. The minimum absolute atomic E-state index is 0.289. The van der Waals surface area contributed by atoms with Crippen molar-refractivity contribution in [3.8, 4) is 0 Å². The van der Waals surface area contributed by atoms with Crippen molar-refractivity contribution >= 4 is 5.82 Å². The third-order valence-electron chi connectivity index (χ3n) is 3.14. The van der Waals surface area contributed by atoms with E-state index in [1.165, 1.54) is 18.9 Å². The Morgan fingerprint density at radius 3 is 3.12 bits per heavy atom. The average Bonchev–Trinajstić information content (AvgIpc) is 2.28. The molecule has 2 atom stereocenters. The van der Waals surface area contributed by atoms with Gasteiger partial charge in [0.1, 0.15) is 0 Å². The van der Waals surface area contributed by atoms with Gasteiger partial charge in [0.25, 0.3) is 0 Å². The zero-order valence-corrected chi connectivity index (χ0v) is 9.32. The second-order valence-electron chi connectivity index (χ2n) is 4.51. The van der Waals surface area contributed by atoms with Gasteiger partial charge in [-0.3, -0.25) is 0 Å². The Hall–Kier alpha value is -1.16. The molecule has 1 aliphatic rings. The summed E-state index contributed by atoms with van der Waals surface area (Å²) in [6.45, 7) is 0.766. The SMILES string of the molecule is NC1CCCC(CNc2ncccc2F)C1. The molecular formula is C12H18FN3. The molecule has 0 spiro atoms. The smallest absolute Gasteiger partial charge is 0.165 e. The molecule has 0 aromatic carbocycles. The first kappa shape index (κ1) is 11.3. The summed E-state index contributed by atoms with van der Waals surface area (Å²) in [5, 5.41) is 3.06. The van der Waals surface area contributed by atoms with Crippen molar-refractivity contribution in [2.24, 2.45) is 11.7 Å². The van der Waals surface area contributed by atoms with Gasteiger partial charge in [0, 0.05) is 18.8 Å². The summed E-state index contributed by atoms with van der Waals surface area (Å²) in [5.41, 5.74) is 5.91. The molecule has 1 saturated carbocycles. The predicted octanol–water partition coefficient (Wildman–Crippen LogP) is 2.15. The van der Waals surface area contributed by atoms with Gasteiger partial charge < -0.3 is 11.1 Å². The summed E-state index contributed by atoms with van der Waals surface area (Å²) in [6, 6.07) is 3.33. The van der Waals surface area contributed by atoms with Crippen LogP contribution < -0.4 is 11.1 Å². The third-order valence-corrected chi connectivity index (χ3v) is 3.14. The van der Waals surface area contributed by atoms with E-state index in [4.69, 9.17) is 5.73 Å². The van der Waals surface area contributed by atoms with E-state index in [9.17, 15) is 4.39 Å². The van der Waals surface area contributed by atoms with Crippen molar-refractivity contribution in [2.75, 3.05) is 11.9 Å². The third kappa shape index (κ3) is 2.92. The van der Waals surface area contributed by atoms with Crippen LogP contribution in [-0.2, 0) is 0 Å². The molecule has 2 rings (SSSR count). The maximum absolute atomic E-state index is 13.3. The van der Waals surface area contributed by atoms with Crippen LogP contribution in [0.2, 0.25) is 0 Å². The lowest BCUT2D eigenvalue weighted by Crippen LogP contribution is -2.31. The largest absolute Gasteiger partial charge is 0.367 e. The summed E-state index contributed by atoms with van der Waals surface area (Å²) in [7, 11) is 0. The quantitative estimate of drug-likeness (QED) is 0.825. The lowest BCUT2D eigenvalue weighted by molar-refractivity contribution is 0.334. The van der Waals surface area contributed by atoms with Gasteiger partial charge >= 0.3 is 0 Å². The van der Waals surface area contributed by atoms with Crippen molar-refractivity contribution in [1.29, 1.82) is 0 Å². The van der Waals surface area contributed by atoms with Crippen molar-refractivity contribution in [3.05, 3.63) is 24.1 Å². The molecule has 1 aromatic rings. The number of anilines is 1. The van der Waals surface area contributed by atoms with Crippen LogP contribution in [0, 0.1) is 11.7 Å². The molecule has 3 nitrogen and oxygen atoms in total. The number of rotatable bonds is 3. The van der Waals surface area contributed by atoms with E-state index in [-0.39, 0.29) is 5.82 Å². The Morgan fingerprint density at radius 2 is 2.38 bits per heavy atom. The van der Waals surface area contributed by atoms with Gasteiger partial charge in [0.05, 0.1) is 0 Å². The first-order chi connectivity index (χ1) is 7.75. The van der Waals surface area contributed by atoms with Crippen LogP contribution in [0.25, 0.3) is 0 Å². The molecule has 1 heterocycles. The maximum Gasteiger partial charge on any atom is 0.165 e. The Bertz CT molecular complexity index is 343. The highest BCUT2D eigenvalue weighted by Gasteiger charge is 2.19. The number of halogens is 1. The zero-order chi connectivity index (χ0) is 11.4. The van der Waals surface area contributed by atoms with Gasteiger partial charge in [-0.05, 0) is 37.3 Å². The van der Waals surface area contributed by atoms with Crippen LogP contribution in [0.5, 0.6) is 0 Å². The van der Waals surface area contributed by atoms with Gasteiger partial charge in [0.2, 0.25) is 0 Å². The second kappa shape index (κ2) is 5.25. The topological polar surface area (TPSA) is 50.9 Å². The zero-order valence-electron chi connectivity index (χ0n) is 9.32. The number of aromatic nitrogens is 1. The minimum Gasteiger partial charge on any atom is -0.367 e. The fourth-order valence-electron chi connectivity index (χ4n) is 2.27. The monoisotopic (exact) mass is 223 g/mol. The molecule has 0 saturated heterocycles. The van der Waals surface area contributed by atoms with Crippen molar-refractivity contribution in [2.45, 2.75) is 31.7 Å². The van der Waals surface area contributed by atoms with Crippen molar-refractivity contribution in [1.82, 2.24) is 4.98 Å². The fourth-order valence-corrected chi connectivity index (χ4v) is 2.27. The van der Waals surface area contributed by atoms with Crippen LogP contribution >= 0.6 is 0 Å². The predicted molar refractivity (Wildman–Crippen MR) is 62.6 cm³/mol. The molecule has 88 valence electrons. The van der Waals surface area contributed by atoms with E-state index < -0.39 is 0 Å². The number of nitrogens with one attached hydrogen (secondary N) is 1. The second-order valence-corrected chi connectivity index (χ2v) is 4.51. The molecule has 1 fully saturated rings. The van der Waals surface area contributed by atoms with E-state index in [0.29, 0.717) is 17.8 Å². The standard InChI is InChI=1S/C12H18FN3/c13-11-5-2-6-15-12(11)16-8-9-3-1-4-10(14)7-9/h2,5-6,9-10H,1,3-4,7-8,14H2,(H,15,16). The molecular weight excluding hydrogens is 205 g/mol. The van der Waals surface area contributed by atoms with Gasteiger partial charge in [-0.2, -0.15) is 0 Å². The molecule has 4 heteroatoms. The van der Waals surface area contributed by atoms with E-state index in [2.05, 4.69) is 10.3 Å². The van der Waals surface area contributed by atoms with E-state index in [1.54, 1.807) is 12.3 Å². The van der Waals surface area contributed by atoms with E-state index in [0.717, 1.165) is 19.4 Å². The van der Waals surface area contributed by atoms with E-state index >= 15 is 0 Å². The fraction of sp³-hybridized carbons (Fsp3) is 0.583.